The van der Waals surface area contributed by atoms with Crippen molar-refractivity contribution in [3.8, 4) is 0 Å². The molecule has 3 aromatic carbocycles. The van der Waals surface area contributed by atoms with Crippen LogP contribution in [-0.2, 0) is 0 Å². The second-order valence-corrected chi connectivity index (χ2v) is 7.47. The summed E-state index contributed by atoms with van der Waals surface area (Å²) in [5.74, 6) is 1.17. The van der Waals surface area contributed by atoms with Gasteiger partial charge in [0.2, 0.25) is 0 Å². The van der Waals surface area contributed by atoms with Crippen LogP contribution in [-0.4, -0.2) is 11.7 Å². The normalized spacial score (nSPS) is 14.2. The first kappa shape index (κ1) is 18.3. The fraction of sp³-hybridized carbons (Fsp3) is 0. The van der Waals surface area contributed by atoms with Crippen molar-refractivity contribution in [2.24, 2.45) is 9.98 Å². The van der Waals surface area contributed by atoms with Crippen LogP contribution in [0.5, 0.6) is 0 Å². The molecule has 0 bridgehead atoms. The number of benzene rings is 3. The Morgan fingerprint density at radius 1 is 0.741 bits per heavy atom. The topological polar surface area (TPSA) is 36.8 Å². The van der Waals surface area contributed by atoms with Crippen molar-refractivity contribution >= 4 is 69.4 Å². The van der Waals surface area contributed by atoms with Crippen molar-refractivity contribution in [1.29, 1.82) is 0 Å². The summed E-state index contributed by atoms with van der Waals surface area (Å²) in [4.78, 5) is 9.25. The molecule has 7 heteroatoms. The van der Waals surface area contributed by atoms with Gasteiger partial charge in [0.1, 0.15) is 5.84 Å². The fourth-order valence-electron chi connectivity index (χ4n) is 2.70. The highest BCUT2D eigenvalue weighted by Gasteiger charge is 2.22. The number of nitrogens with zero attached hydrogens (tertiary/aromatic N) is 2. The van der Waals surface area contributed by atoms with Crippen LogP contribution in [0.15, 0.2) is 70.6 Å². The molecule has 3 aromatic rings. The Morgan fingerprint density at radius 3 is 2.19 bits per heavy atom. The highest BCUT2D eigenvalue weighted by Crippen LogP contribution is 2.32. The second-order valence-electron chi connectivity index (χ2n) is 5.79. The van der Waals surface area contributed by atoms with Crippen LogP contribution >= 0.6 is 46.4 Å². The molecule has 0 fully saturated rings. The van der Waals surface area contributed by atoms with Crippen LogP contribution in [0.4, 0.5) is 11.4 Å². The van der Waals surface area contributed by atoms with Crippen molar-refractivity contribution in [2.75, 3.05) is 5.32 Å². The van der Waals surface area contributed by atoms with E-state index in [0.717, 1.165) is 11.1 Å². The van der Waals surface area contributed by atoms with E-state index in [-0.39, 0.29) is 0 Å². The lowest BCUT2D eigenvalue weighted by Crippen LogP contribution is -2.11. The van der Waals surface area contributed by atoms with Crippen molar-refractivity contribution in [1.82, 2.24) is 0 Å². The largest absolute Gasteiger partial charge is 0.338 e. The van der Waals surface area contributed by atoms with Gasteiger partial charge in [-0.3, -0.25) is 0 Å². The summed E-state index contributed by atoms with van der Waals surface area (Å²) in [6.07, 6.45) is 0. The minimum Gasteiger partial charge on any atom is -0.338 e. The molecular formula is C20H11Cl4N3. The SMILES string of the molecule is Clc1ccc(Cl)c(N=C2N=C(Nc3cc(Cl)ccc3Cl)c3ccccc32)c1. The molecule has 0 aliphatic carbocycles. The zero-order valence-corrected chi connectivity index (χ0v) is 16.7. The average Bonchev–Trinajstić information content (AvgIpc) is 2.99. The quantitative estimate of drug-likeness (QED) is 0.452. The van der Waals surface area contributed by atoms with Gasteiger partial charge >= 0.3 is 0 Å². The molecule has 0 aromatic heterocycles. The molecule has 0 unspecified atom stereocenters. The maximum atomic E-state index is 6.27. The number of amidine groups is 2. The third kappa shape index (κ3) is 3.83. The van der Waals surface area contributed by atoms with E-state index in [1.165, 1.54) is 0 Å². The number of aliphatic imine (C=N–C) groups is 2. The molecule has 0 amide bonds. The van der Waals surface area contributed by atoms with Crippen LogP contribution in [0.25, 0.3) is 0 Å². The number of halogens is 4. The third-order valence-corrected chi connectivity index (χ3v) is 5.08. The highest BCUT2D eigenvalue weighted by atomic mass is 35.5. The van der Waals surface area contributed by atoms with Crippen molar-refractivity contribution in [3.05, 3.63) is 91.9 Å². The number of nitrogens with one attached hydrogen (secondary N) is 1. The predicted molar refractivity (Wildman–Crippen MR) is 116 cm³/mol. The van der Waals surface area contributed by atoms with Crippen LogP contribution in [0.1, 0.15) is 11.1 Å². The summed E-state index contributed by atoms with van der Waals surface area (Å²) in [6, 6.07) is 18.1. The van der Waals surface area contributed by atoms with E-state index in [1.807, 2.05) is 24.3 Å². The van der Waals surface area contributed by atoms with Crippen LogP contribution in [0.3, 0.4) is 0 Å². The van der Waals surface area contributed by atoms with Crippen LogP contribution < -0.4 is 5.32 Å². The summed E-state index contributed by atoms with van der Waals surface area (Å²) >= 11 is 24.7. The smallest absolute Gasteiger partial charge is 0.162 e. The number of anilines is 1. The average molecular weight is 435 g/mol. The summed E-state index contributed by atoms with van der Waals surface area (Å²) in [6.45, 7) is 0. The van der Waals surface area contributed by atoms with E-state index < -0.39 is 0 Å². The Bertz CT molecular complexity index is 1110. The lowest BCUT2D eigenvalue weighted by molar-refractivity contribution is 1.47. The van der Waals surface area contributed by atoms with Gasteiger partial charge in [0.15, 0.2) is 5.84 Å². The lowest BCUT2D eigenvalue weighted by atomic mass is 10.1. The number of hydrogen-bond acceptors (Lipinski definition) is 2. The van der Waals surface area contributed by atoms with Gasteiger partial charge < -0.3 is 5.32 Å². The van der Waals surface area contributed by atoms with E-state index in [0.29, 0.717) is 43.1 Å². The molecule has 1 N–H and O–H groups in total. The van der Waals surface area contributed by atoms with Gasteiger partial charge in [0, 0.05) is 21.2 Å². The van der Waals surface area contributed by atoms with E-state index in [2.05, 4.69) is 15.3 Å². The summed E-state index contributed by atoms with van der Waals surface area (Å²) in [7, 11) is 0. The molecule has 27 heavy (non-hydrogen) atoms. The third-order valence-electron chi connectivity index (χ3n) is 3.96. The Morgan fingerprint density at radius 2 is 1.41 bits per heavy atom. The monoisotopic (exact) mass is 433 g/mol. The van der Waals surface area contributed by atoms with Gasteiger partial charge in [-0.1, -0.05) is 70.7 Å². The standard InChI is InChI=1S/C20H11Cl4N3/c21-11-5-7-15(23)17(9-11)25-19-13-3-1-2-4-14(13)20(27-19)26-18-10-12(22)6-8-16(18)24/h1-10H,(H,25,26,27). The van der Waals surface area contributed by atoms with Gasteiger partial charge in [-0.2, -0.15) is 0 Å². The molecule has 1 heterocycles. The highest BCUT2D eigenvalue weighted by molar-refractivity contribution is 6.37. The molecule has 0 saturated carbocycles. The maximum Gasteiger partial charge on any atom is 0.162 e. The number of fused-ring (bicyclic) bond motifs is 1. The Balaban J connectivity index is 1.79. The summed E-state index contributed by atoms with van der Waals surface area (Å²) in [5, 5.41) is 5.42. The summed E-state index contributed by atoms with van der Waals surface area (Å²) in [5.41, 5.74) is 3.01. The molecule has 3 nitrogen and oxygen atoms in total. The molecule has 1 aliphatic rings. The van der Waals surface area contributed by atoms with Crippen molar-refractivity contribution in [2.45, 2.75) is 0 Å². The molecule has 0 spiro atoms. The molecule has 0 saturated heterocycles. The minimum atomic E-state index is 0.499. The first-order valence-electron chi connectivity index (χ1n) is 7.95. The van der Waals surface area contributed by atoms with Crippen molar-refractivity contribution in [3.63, 3.8) is 0 Å². The van der Waals surface area contributed by atoms with Crippen LogP contribution in [0.2, 0.25) is 20.1 Å². The fourth-order valence-corrected chi connectivity index (χ4v) is 3.36. The first-order valence-corrected chi connectivity index (χ1v) is 9.47. The first-order chi connectivity index (χ1) is 13.0. The predicted octanol–water partition coefficient (Wildman–Crippen LogP) is 7.25. The zero-order chi connectivity index (χ0) is 19.0. The Labute approximate surface area is 176 Å². The Hall–Kier alpha value is -2.04. The van der Waals surface area contributed by atoms with E-state index in [9.17, 15) is 0 Å². The van der Waals surface area contributed by atoms with E-state index in [4.69, 9.17) is 46.4 Å². The maximum absolute atomic E-state index is 6.27. The lowest BCUT2D eigenvalue weighted by Gasteiger charge is -2.09. The summed E-state index contributed by atoms with van der Waals surface area (Å²) < 4.78 is 0. The van der Waals surface area contributed by atoms with Crippen LogP contribution in [0, 0.1) is 0 Å². The molecule has 0 atom stereocenters. The number of hydrogen-bond donors (Lipinski definition) is 1. The Kier molecular flexibility index (Phi) is 5.11. The second kappa shape index (κ2) is 7.53. The minimum absolute atomic E-state index is 0.499. The van der Waals surface area contributed by atoms with E-state index in [1.54, 1.807) is 36.4 Å². The molecule has 4 rings (SSSR count). The number of rotatable bonds is 2. The van der Waals surface area contributed by atoms with E-state index >= 15 is 0 Å². The molecule has 0 radical (unpaired) electrons. The van der Waals surface area contributed by atoms with Gasteiger partial charge in [-0.05, 0) is 36.4 Å². The van der Waals surface area contributed by atoms with Gasteiger partial charge in [0.25, 0.3) is 0 Å². The molecule has 1 aliphatic heterocycles. The van der Waals surface area contributed by atoms with Gasteiger partial charge in [0.05, 0.1) is 21.4 Å². The van der Waals surface area contributed by atoms with Gasteiger partial charge in [-0.25, -0.2) is 9.98 Å². The van der Waals surface area contributed by atoms with Gasteiger partial charge in [-0.15, -0.1) is 0 Å². The zero-order valence-electron chi connectivity index (χ0n) is 13.7. The molecular weight excluding hydrogens is 424 g/mol. The van der Waals surface area contributed by atoms with Crippen molar-refractivity contribution < 1.29 is 0 Å². The molecule has 134 valence electrons.